The van der Waals surface area contributed by atoms with Crippen molar-refractivity contribution in [1.82, 2.24) is 9.97 Å². The number of fused-ring (bicyclic) bond motifs is 2. The first kappa shape index (κ1) is 22.9. The van der Waals surface area contributed by atoms with E-state index in [0.29, 0.717) is 0 Å². The van der Waals surface area contributed by atoms with Crippen LogP contribution < -0.4 is 4.90 Å². The van der Waals surface area contributed by atoms with Crippen LogP contribution in [0.5, 0.6) is 0 Å². The van der Waals surface area contributed by atoms with Crippen LogP contribution >= 0.6 is 0 Å². The van der Waals surface area contributed by atoms with E-state index in [1.165, 1.54) is 0 Å². The summed E-state index contributed by atoms with van der Waals surface area (Å²) >= 11 is 0. The number of benzene rings is 6. The minimum absolute atomic E-state index is 0.883. The predicted octanol–water partition coefficient (Wildman–Crippen LogP) is 9.59. The van der Waals surface area contributed by atoms with E-state index in [1.54, 1.807) is 0 Å². The Bertz CT molecular complexity index is 1860. The van der Waals surface area contributed by atoms with Crippen LogP contribution in [-0.4, -0.2) is 9.97 Å². The standard InChI is InChI=1S/C36H25N3/c1-4-14-26(15-5-1)35-36(38-33-23-13-12-22-32(33)37-35)31-24-25-34(30-21-11-10-20-29(30)31)39(27-16-6-2-7-17-27)28-18-8-3-9-19-28/h1-25H. The monoisotopic (exact) mass is 499 g/mol. The number of para-hydroxylation sites is 4. The predicted molar refractivity (Wildman–Crippen MR) is 163 cm³/mol. The summed E-state index contributed by atoms with van der Waals surface area (Å²) in [6.07, 6.45) is 0. The Morgan fingerprint density at radius 3 is 1.49 bits per heavy atom. The lowest BCUT2D eigenvalue weighted by Gasteiger charge is -2.27. The van der Waals surface area contributed by atoms with Crippen LogP contribution in [0.3, 0.4) is 0 Å². The van der Waals surface area contributed by atoms with Gasteiger partial charge in [0.25, 0.3) is 0 Å². The average Bonchev–Trinajstić information content (AvgIpc) is 3.02. The average molecular weight is 500 g/mol. The molecular formula is C36H25N3. The van der Waals surface area contributed by atoms with Gasteiger partial charge in [0.05, 0.1) is 28.1 Å². The van der Waals surface area contributed by atoms with E-state index in [4.69, 9.17) is 9.97 Å². The summed E-state index contributed by atoms with van der Waals surface area (Å²) in [5.74, 6) is 0. The smallest absolute Gasteiger partial charge is 0.0979 e. The maximum atomic E-state index is 5.19. The third-order valence-corrected chi connectivity index (χ3v) is 7.04. The maximum Gasteiger partial charge on any atom is 0.0979 e. The van der Waals surface area contributed by atoms with Gasteiger partial charge in [-0.2, -0.15) is 0 Å². The van der Waals surface area contributed by atoms with E-state index in [2.05, 4.69) is 126 Å². The highest BCUT2D eigenvalue weighted by molar-refractivity contribution is 6.07. The van der Waals surface area contributed by atoms with Gasteiger partial charge in [-0.05, 0) is 53.9 Å². The highest BCUT2D eigenvalue weighted by Gasteiger charge is 2.20. The van der Waals surface area contributed by atoms with E-state index < -0.39 is 0 Å². The van der Waals surface area contributed by atoms with Gasteiger partial charge in [-0.3, -0.25) is 0 Å². The quantitative estimate of drug-likeness (QED) is 0.236. The van der Waals surface area contributed by atoms with Crippen LogP contribution in [0, 0.1) is 0 Å². The van der Waals surface area contributed by atoms with Crippen molar-refractivity contribution in [3.63, 3.8) is 0 Å². The third-order valence-electron chi connectivity index (χ3n) is 7.04. The van der Waals surface area contributed by atoms with E-state index in [0.717, 1.165) is 61.4 Å². The van der Waals surface area contributed by atoms with Crippen molar-refractivity contribution < 1.29 is 0 Å². The molecule has 0 saturated heterocycles. The summed E-state index contributed by atoms with van der Waals surface area (Å²) in [5, 5.41) is 2.28. The number of aromatic nitrogens is 2. The Morgan fingerprint density at radius 1 is 0.385 bits per heavy atom. The normalized spacial score (nSPS) is 11.1. The summed E-state index contributed by atoms with van der Waals surface area (Å²) in [7, 11) is 0. The van der Waals surface area contributed by atoms with Crippen molar-refractivity contribution in [2.75, 3.05) is 4.90 Å². The lowest BCUT2D eigenvalue weighted by molar-refractivity contribution is 1.28. The molecule has 0 N–H and O–H groups in total. The fraction of sp³-hybridized carbons (Fsp3) is 0. The van der Waals surface area contributed by atoms with E-state index in [1.807, 2.05) is 30.3 Å². The Labute approximate surface area is 227 Å². The molecule has 6 aromatic carbocycles. The molecule has 0 fully saturated rings. The van der Waals surface area contributed by atoms with E-state index in [-0.39, 0.29) is 0 Å². The molecule has 39 heavy (non-hydrogen) atoms. The zero-order valence-corrected chi connectivity index (χ0v) is 21.3. The van der Waals surface area contributed by atoms with Crippen LogP contribution in [0.1, 0.15) is 0 Å². The Hall–Kier alpha value is -5.28. The zero-order valence-electron chi connectivity index (χ0n) is 21.3. The van der Waals surface area contributed by atoms with E-state index in [9.17, 15) is 0 Å². The Morgan fingerprint density at radius 2 is 0.872 bits per heavy atom. The Balaban J connectivity index is 1.50. The van der Waals surface area contributed by atoms with Crippen LogP contribution in [0.15, 0.2) is 152 Å². The molecule has 7 rings (SSSR count). The molecule has 0 atom stereocenters. The summed E-state index contributed by atoms with van der Waals surface area (Å²) in [5.41, 5.74) is 8.98. The topological polar surface area (TPSA) is 29.0 Å². The molecule has 0 aliphatic heterocycles. The van der Waals surface area contributed by atoms with Gasteiger partial charge in [0, 0.05) is 27.9 Å². The number of hydrogen-bond donors (Lipinski definition) is 0. The number of nitrogens with zero attached hydrogens (tertiary/aromatic N) is 3. The van der Waals surface area contributed by atoms with Gasteiger partial charge in [0.1, 0.15) is 0 Å². The van der Waals surface area contributed by atoms with Crippen molar-refractivity contribution in [2.24, 2.45) is 0 Å². The Kier molecular flexibility index (Phi) is 5.80. The third kappa shape index (κ3) is 4.20. The van der Waals surface area contributed by atoms with Crippen molar-refractivity contribution in [3.05, 3.63) is 152 Å². The van der Waals surface area contributed by atoms with Gasteiger partial charge in [-0.1, -0.05) is 103 Å². The molecule has 0 bridgehead atoms. The molecular weight excluding hydrogens is 474 g/mol. The highest BCUT2D eigenvalue weighted by Crippen LogP contribution is 2.43. The molecule has 0 spiro atoms. The fourth-order valence-electron chi connectivity index (χ4n) is 5.25. The molecule has 3 nitrogen and oxygen atoms in total. The summed E-state index contributed by atoms with van der Waals surface area (Å²) in [4.78, 5) is 12.6. The van der Waals surface area contributed by atoms with Gasteiger partial charge >= 0.3 is 0 Å². The van der Waals surface area contributed by atoms with Gasteiger partial charge in [-0.15, -0.1) is 0 Å². The molecule has 0 radical (unpaired) electrons. The molecule has 0 unspecified atom stereocenters. The first-order chi connectivity index (χ1) is 19.4. The minimum Gasteiger partial charge on any atom is -0.310 e. The summed E-state index contributed by atoms with van der Waals surface area (Å²) < 4.78 is 0. The lowest BCUT2D eigenvalue weighted by atomic mass is 9.96. The van der Waals surface area contributed by atoms with Crippen LogP contribution in [-0.2, 0) is 0 Å². The lowest BCUT2D eigenvalue weighted by Crippen LogP contribution is -2.10. The molecule has 3 heteroatoms. The molecule has 1 heterocycles. The summed E-state index contributed by atoms with van der Waals surface area (Å²) in [6.45, 7) is 0. The molecule has 0 aliphatic rings. The largest absolute Gasteiger partial charge is 0.310 e. The SMILES string of the molecule is c1ccc(-c2nc3ccccc3nc2-c2ccc(N(c3ccccc3)c3ccccc3)c3ccccc23)cc1. The van der Waals surface area contributed by atoms with Crippen molar-refractivity contribution in [3.8, 4) is 22.5 Å². The van der Waals surface area contributed by atoms with Gasteiger partial charge in [0.2, 0.25) is 0 Å². The second-order valence-electron chi connectivity index (χ2n) is 9.46. The van der Waals surface area contributed by atoms with Gasteiger partial charge in [-0.25, -0.2) is 9.97 Å². The molecule has 184 valence electrons. The molecule has 0 saturated carbocycles. The number of anilines is 3. The zero-order chi connectivity index (χ0) is 26.0. The van der Waals surface area contributed by atoms with Crippen LogP contribution in [0.4, 0.5) is 17.1 Å². The maximum absolute atomic E-state index is 5.19. The molecule has 1 aromatic heterocycles. The van der Waals surface area contributed by atoms with Crippen molar-refractivity contribution in [1.29, 1.82) is 0 Å². The van der Waals surface area contributed by atoms with Crippen molar-refractivity contribution >= 4 is 38.9 Å². The van der Waals surface area contributed by atoms with Crippen molar-refractivity contribution in [2.45, 2.75) is 0 Å². The second kappa shape index (κ2) is 9.88. The highest BCUT2D eigenvalue weighted by atomic mass is 15.1. The van der Waals surface area contributed by atoms with Gasteiger partial charge < -0.3 is 4.90 Å². The first-order valence-corrected chi connectivity index (χ1v) is 13.1. The first-order valence-electron chi connectivity index (χ1n) is 13.1. The molecule has 0 amide bonds. The van der Waals surface area contributed by atoms with Gasteiger partial charge in [0.15, 0.2) is 0 Å². The summed E-state index contributed by atoms with van der Waals surface area (Å²) in [6, 6.07) is 52.5. The second-order valence-corrected chi connectivity index (χ2v) is 9.46. The van der Waals surface area contributed by atoms with Crippen LogP contribution in [0.2, 0.25) is 0 Å². The molecule has 0 aliphatic carbocycles. The number of hydrogen-bond acceptors (Lipinski definition) is 3. The minimum atomic E-state index is 0.883. The van der Waals surface area contributed by atoms with Crippen LogP contribution in [0.25, 0.3) is 44.3 Å². The number of rotatable bonds is 5. The van der Waals surface area contributed by atoms with E-state index >= 15 is 0 Å². The molecule has 7 aromatic rings. The fourth-order valence-corrected chi connectivity index (χ4v) is 5.25.